The Morgan fingerprint density at radius 1 is 1.29 bits per heavy atom. The van der Waals surface area contributed by atoms with Gasteiger partial charge in [0.1, 0.15) is 0 Å². The fraction of sp³-hybridized carbons (Fsp3) is 0.438. The van der Waals surface area contributed by atoms with Crippen LogP contribution in [0.15, 0.2) is 17.5 Å². The first-order valence-corrected chi connectivity index (χ1v) is 9.44. The third-order valence-corrected chi connectivity index (χ3v) is 6.37. The molecule has 0 radical (unpaired) electrons. The number of anilines is 1. The number of hydrogen-bond donors (Lipinski definition) is 2. The molecular formula is C16H16N2O4S2. The summed E-state index contributed by atoms with van der Waals surface area (Å²) in [5.74, 6) is -2.67. The van der Waals surface area contributed by atoms with Crippen molar-refractivity contribution in [1.82, 2.24) is 4.98 Å². The number of fused-ring (bicyclic) bond motifs is 2. The quantitative estimate of drug-likeness (QED) is 0.871. The highest BCUT2D eigenvalue weighted by molar-refractivity contribution is 7.17. The van der Waals surface area contributed by atoms with Gasteiger partial charge in [-0.2, -0.15) is 0 Å². The van der Waals surface area contributed by atoms with Crippen LogP contribution in [-0.4, -0.2) is 34.2 Å². The van der Waals surface area contributed by atoms with Gasteiger partial charge in [-0.1, -0.05) is 0 Å². The lowest BCUT2D eigenvalue weighted by Crippen LogP contribution is -2.40. The summed E-state index contributed by atoms with van der Waals surface area (Å²) in [6.45, 7) is 2.03. The number of thiophene rings is 1. The molecule has 0 aliphatic carbocycles. The minimum atomic E-state index is -0.962. The van der Waals surface area contributed by atoms with Crippen LogP contribution in [0.3, 0.4) is 0 Å². The van der Waals surface area contributed by atoms with Gasteiger partial charge >= 0.3 is 5.97 Å². The normalized spacial score (nSPS) is 28.2. The van der Waals surface area contributed by atoms with E-state index in [4.69, 9.17) is 4.74 Å². The molecular weight excluding hydrogens is 348 g/mol. The van der Waals surface area contributed by atoms with Crippen molar-refractivity contribution in [2.75, 3.05) is 5.32 Å². The van der Waals surface area contributed by atoms with Gasteiger partial charge in [-0.15, -0.1) is 22.7 Å². The van der Waals surface area contributed by atoms with Crippen molar-refractivity contribution in [1.29, 1.82) is 0 Å². The molecule has 2 aromatic heterocycles. The van der Waals surface area contributed by atoms with Crippen LogP contribution in [0.1, 0.15) is 17.7 Å². The zero-order valence-electron chi connectivity index (χ0n) is 12.9. The average molecular weight is 364 g/mol. The van der Waals surface area contributed by atoms with Crippen molar-refractivity contribution >= 4 is 39.7 Å². The van der Waals surface area contributed by atoms with E-state index in [0.717, 1.165) is 17.0 Å². The van der Waals surface area contributed by atoms with Crippen molar-refractivity contribution in [3.8, 4) is 10.6 Å². The Morgan fingerprint density at radius 3 is 2.71 bits per heavy atom. The molecule has 8 heteroatoms. The lowest BCUT2D eigenvalue weighted by molar-refractivity contribution is -0.147. The van der Waals surface area contributed by atoms with E-state index in [0.29, 0.717) is 11.6 Å². The Balaban J connectivity index is 1.50. The maximum atomic E-state index is 12.6. The number of thiazole rings is 1. The third kappa shape index (κ3) is 2.64. The number of carbonyl (C=O) groups excluding carboxylic acids is 1. The second kappa shape index (κ2) is 5.94. The van der Waals surface area contributed by atoms with Gasteiger partial charge in [0, 0.05) is 10.3 Å². The number of nitrogens with one attached hydrogen (secondary N) is 1. The first-order valence-electron chi connectivity index (χ1n) is 7.74. The molecule has 2 aliphatic heterocycles. The van der Waals surface area contributed by atoms with E-state index in [1.54, 1.807) is 11.3 Å². The molecule has 6 nitrogen and oxygen atoms in total. The Hall–Kier alpha value is -1.77. The molecule has 0 unspecified atom stereocenters. The van der Waals surface area contributed by atoms with Gasteiger partial charge in [0.25, 0.3) is 0 Å². The van der Waals surface area contributed by atoms with E-state index in [9.17, 15) is 14.7 Å². The molecule has 0 spiro atoms. The van der Waals surface area contributed by atoms with Crippen LogP contribution < -0.4 is 5.32 Å². The number of aromatic nitrogens is 1. The number of carboxylic acid groups (broad SMARTS) is 1. The van der Waals surface area contributed by atoms with Crippen LogP contribution in [0.2, 0.25) is 0 Å². The number of carboxylic acids is 1. The average Bonchev–Trinajstić information content (AvgIpc) is 3.29. The molecule has 2 N–H and O–H groups in total. The summed E-state index contributed by atoms with van der Waals surface area (Å²) < 4.78 is 5.64. The van der Waals surface area contributed by atoms with Crippen LogP contribution in [0.25, 0.3) is 10.6 Å². The molecule has 24 heavy (non-hydrogen) atoms. The van der Waals surface area contributed by atoms with Crippen molar-refractivity contribution in [3.63, 3.8) is 0 Å². The van der Waals surface area contributed by atoms with Gasteiger partial charge in [-0.05, 0) is 31.9 Å². The summed E-state index contributed by atoms with van der Waals surface area (Å²) in [7, 11) is 0. The molecule has 2 bridgehead atoms. The van der Waals surface area contributed by atoms with Crippen molar-refractivity contribution in [3.05, 3.63) is 22.4 Å². The van der Waals surface area contributed by atoms with Gasteiger partial charge in [0.2, 0.25) is 5.91 Å². The SMILES string of the molecule is Cc1ccc(-c2csc(NC(=O)[C@@H]3[C@@H](C(=O)O)[C@@H]4CC[C@@H]3O4)n2)s1. The van der Waals surface area contributed by atoms with Crippen molar-refractivity contribution in [2.45, 2.75) is 32.0 Å². The molecule has 2 fully saturated rings. The van der Waals surface area contributed by atoms with Crippen LogP contribution in [0.5, 0.6) is 0 Å². The molecule has 126 valence electrons. The van der Waals surface area contributed by atoms with Crippen molar-refractivity contribution < 1.29 is 19.4 Å². The Labute approximate surface area is 146 Å². The largest absolute Gasteiger partial charge is 0.481 e. The van der Waals surface area contributed by atoms with Gasteiger partial charge < -0.3 is 15.2 Å². The van der Waals surface area contributed by atoms with Crippen LogP contribution in [0, 0.1) is 18.8 Å². The molecule has 2 aromatic rings. The number of aliphatic carboxylic acids is 1. The summed E-state index contributed by atoms with van der Waals surface area (Å²) in [6, 6.07) is 4.03. The zero-order chi connectivity index (χ0) is 16.8. The van der Waals surface area contributed by atoms with E-state index >= 15 is 0 Å². The van der Waals surface area contributed by atoms with Crippen LogP contribution in [-0.2, 0) is 14.3 Å². The van der Waals surface area contributed by atoms with Gasteiger partial charge in [0.05, 0.1) is 34.6 Å². The molecule has 2 saturated heterocycles. The minimum Gasteiger partial charge on any atom is -0.481 e. The molecule has 4 rings (SSSR count). The molecule has 4 atom stereocenters. The fourth-order valence-corrected chi connectivity index (χ4v) is 5.15. The highest BCUT2D eigenvalue weighted by Gasteiger charge is 2.55. The summed E-state index contributed by atoms with van der Waals surface area (Å²) >= 11 is 2.99. The molecule has 0 aromatic carbocycles. The molecule has 2 aliphatic rings. The number of rotatable bonds is 4. The molecule has 1 amide bonds. The Kier molecular flexibility index (Phi) is 3.90. The first-order chi connectivity index (χ1) is 11.5. The standard InChI is InChI=1S/C16H16N2O4S2/c1-7-2-5-11(24-7)8-6-23-16(17-8)18-14(19)12-9-3-4-10(22-9)13(12)15(20)21/h2,5-6,9-10,12-13H,3-4H2,1H3,(H,20,21)(H,17,18,19)/t9-,10-,12-,13-/m0/s1. The van der Waals surface area contributed by atoms with E-state index in [2.05, 4.69) is 10.3 Å². The van der Waals surface area contributed by atoms with Crippen molar-refractivity contribution in [2.24, 2.45) is 11.8 Å². The number of amides is 1. The predicted molar refractivity (Wildman–Crippen MR) is 91.3 cm³/mol. The first kappa shape index (κ1) is 15.7. The van der Waals surface area contributed by atoms with Gasteiger partial charge in [-0.3, -0.25) is 9.59 Å². The van der Waals surface area contributed by atoms with Gasteiger partial charge in [-0.25, -0.2) is 4.98 Å². The fourth-order valence-electron chi connectivity index (χ4n) is 3.53. The number of aryl methyl sites for hydroxylation is 1. The van der Waals surface area contributed by atoms with Crippen LogP contribution >= 0.6 is 22.7 Å². The summed E-state index contributed by atoms with van der Waals surface area (Å²) in [4.78, 5) is 30.8. The van der Waals surface area contributed by atoms with E-state index in [-0.39, 0.29) is 18.1 Å². The maximum absolute atomic E-state index is 12.6. The maximum Gasteiger partial charge on any atom is 0.310 e. The number of carbonyl (C=O) groups is 2. The van der Waals surface area contributed by atoms with Gasteiger partial charge in [0.15, 0.2) is 5.13 Å². The molecule has 4 heterocycles. The van der Waals surface area contributed by atoms with E-state index in [1.165, 1.54) is 16.2 Å². The topological polar surface area (TPSA) is 88.5 Å². The van der Waals surface area contributed by atoms with E-state index < -0.39 is 17.8 Å². The highest BCUT2D eigenvalue weighted by Crippen LogP contribution is 2.44. The molecule has 0 saturated carbocycles. The zero-order valence-corrected chi connectivity index (χ0v) is 14.5. The Bertz CT molecular complexity index is 800. The predicted octanol–water partition coefficient (Wildman–Crippen LogP) is 3.00. The summed E-state index contributed by atoms with van der Waals surface area (Å²) in [5.41, 5.74) is 0.826. The smallest absolute Gasteiger partial charge is 0.310 e. The second-order valence-corrected chi connectivity index (χ2v) is 8.26. The number of nitrogens with zero attached hydrogens (tertiary/aromatic N) is 1. The Morgan fingerprint density at radius 2 is 2.04 bits per heavy atom. The number of hydrogen-bond acceptors (Lipinski definition) is 6. The lowest BCUT2D eigenvalue weighted by atomic mass is 9.79. The minimum absolute atomic E-state index is 0.296. The number of ether oxygens (including phenoxy) is 1. The second-order valence-electron chi connectivity index (χ2n) is 6.12. The lowest BCUT2D eigenvalue weighted by Gasteiger charge is -2.23. The third-order valence-electron chi connectivity index (χ3n) is 4.59. The monoisotopic (exact) mass is 364 g/mol. The summed E-state index contributed by atoms with van der Waals surface area (Å²) in [6.07, 6.45) is 0.814. The summed E-state index contributed by atoms with van der Waals surface area (Å²) in [5, 5.41) is 14.6. The van der Waals surface area contributed by atoms with Crippen LogP contribution in [0.4, 0.5) is 5.13 Å². The highest BCUT2D eigenvalue weighted by atomic mass is 32.1. The van der Waals surface area contributed by atoms with E-state index in [1.807, 2.05) is 24.4 Å².